The van der Waals surface area contributed by atoms with Crippen LogP contribution in [0.5, 0.6) is 0 Å². The van der Waals surface area contributed by atoms with Gasteiger partial charge in [-0.2, -0.15) is 5.10 Å². The molecular weight excluding hydrogens is 530 g/mol. The van der Waals surface area contributed by atoms with Crippen molar-refractivity contribution in [2.45, 2.75) is 37.5 Å². The van der Waals surface area contributed by atoms with Crippen LogP contribution in [0.25, 0.3) is 34.1 Å². The van der Waals surface area contributed by atoms with Gasteiger partial charge in [0.2, 0.25) is 5.91 Å². The summed E-state index contributed by atoms with van der Waals surface area (Å²) in [4.78, 5) is 28.0. The van der Waals surface area contributed by atoms with E-state index in [1.54, 1.807) is 17.1 Å². The smallest absolute Gasteiger partial charge is 0.245 e. The van der Waals surface area contributed by atoms with Gasteiger partial charge in [0.25, 0.3) is 0 Å². The van der Waals surface area contributed by atoms with E-state index in [2.05, 4.69) is 34.1 Å². The van der Waals surface area contributed by atoms with E-state index >= 15 is 0 Å². The van der Waals surface area contributed by atoms with Gasteiger partial charge >= 0.3 is 0 Å². The molecule has 4 aromatic heterocycles. The number of aliphatic hydroxyl groups excluding tert-OH is 1. The molecule has 1 aliphatic heterocycles. The Hall–Kier alpha value is -4.87. The van der Waals surface area contributed by atoms with Crippen LogP contribution >= 0.6 is 0 Å². The number of nitrogens with zero attached hydrogens (tertiary/aromatic N) is 7. The summed E-state index contributed by atoms with van der Waals surface area (Å²) in [5.74, 6) is 1.65. The predicted octanol–water partition coefficient (Wildman–Crippen LogP) is 2.98. The number of nitrogens with two attached hydrogens (primary N) is 1. The summed E-state index contributed by atoms with van der Waals surface area (Å²) < 4.78 is 3.71. The number of anilines is 1. The first-order chi connectivity index (χ1) is 20.5. The van der Waals surface area contributed by atoms with Crippen LogP contribution in [-0.4, -0.2) is 70.4 Å². The van der Waals surface area contributed by atoms with E-state index in [9.17, 15) is 9.90 Å². The highest BCUT2D eigenvalue weighted by atomic mass is 16.3. The third kappa shape index (κ3) is 4.52. The second-order valence-corrected chi connectivity index (χ2v) is 10.8. The minimum atomic E-state index is -0.555. The molecule has 212 valence electrons. The zero-order valence-corrected chi connectivity index (χ0v) is 23.0. The molecule has 5 aromatic rings. The van der Waals surface area contributed by atoms with Gasteiger partial charge in [-0.25, -0.2) is 19.6 Å². The molecule has 11 heteroatoms. The molecule has 5 heterocycles. The van der Waals surface area contributed by atoms with Crippen molar-refractivity contribution in [2.75, 3.05) is 18.8 Å². The number of carbonyl (C=O) groups excluding carboxylic acids is 1. The minimum absolute atomic E-state index is 0.0297. The minimum Gasteiger partial charge on any atom is -0.391 e. The maximum Gasteiger partial charge on any atom is 0.245 e. The molecule has 0 radical (unpaired) electrons. The third-order valence-electron chi connectivity index (χ3n) is 8.24. The Morgan fingerprint density at radius 2 is 1.95 bits per heavy atom. The van der Waals surface area contributed by atoms with Crippen LogP contribution in [0.4, 0.5) is 5.82 Å². The molecule has 0 bridgehead atoms. The number of aliphatic hydroxyl groups is 1. The lowest BCUT2D eigenvalue weighted by Gasteiger charge is -2.34. The number of hydrogen-bond acceptors (Lipinski definition) is 8. The highest BCUT2D eigenvalue weighted by Crippen LogP contribution is 2.37. The lowest BCUT2D eigenvalue weighted by atomic mass is 10.0. The van der Waals surface area contributed by atoms with Gasteiger partial charge in [0, 0.05) is 49.8 Å². The molecule has 0 spiro atoms. The number of pyridine rings is 2. The van der Waals surface area contributed by atoms with Crippen LogP contribution in [0.3, 0.4) is 0 Å². The van der Waals surface area contributed by atoms with Crippen molar-refractivity contribution in [3.8, 4) is 22.9 Å². The molecule has 4 N–H and O–H groups in total. The first kappa shape index (κ1) is 26.1. The Morgan fingerprint density at radius 1 is 1.10 bits per heavy atom. The van der Waals surface area contributed by atoms with Crippen LogP contribution in [0.15, 0.2) is 79.8 Å². The molecule has 2 unspecified atom stereocenters. The molecule has 2 atom stereocenters. The number of benzene rings is 1. The molecule has 1 aromatic carbocycles. The molecule has 42 heavy (non-hydrogen) atoms. The summed E-state index contributed by atoms with van der Waals surface area (Å²) in [6.07, 6.45) is 8.22. The van der Waals surface area contributed by atoms with E-state index in [-0.39, 0.29) is 18.0 Å². The number of aromatic nitrogens is 6. The van der Waals surface area contributed by atoms with E-state index in [0.717, 1.165) is 29.7 Å². The molecular formula is C31H31N9O2. The Balaban J connectivity index is 1.26. The summed E-state index contributed by atoms with van der Waals surface area (Å²) in [7, 11) is 0. The van der Waals surface area contributed by atoms with E-state index in [1.165, 1.54) is 6.08 Å². The zero-order valence-electron chi connectivity index (χ0n) is 23.0. The normalized spacial score (nSPS) is 18.8. The molecule has 11 nitrogen and oxygen atoms in total. The number of likely N-dealkylation sites (tertiary alicyclic amines) is 1. The average molecular weight is 562 g/mol. The number of amides is 1. The zero-order chi connectivity index (χ0) is 28.8. The topological polar surface area (TPSA) is 140 Å². The van der Waals surface area contributed by atoms with Gasteiger partial charge in [0.05, 0.1) is 17.7 Å². The number of imidazole rings is 1. The van der Waals surface area contributed by atoms with Crippen molar-refractivity contribution in [2.24, 2.45) is 0 Å². The highest BCUT2D eigenvalue weighted by Gasteiger charge is 2.34. The van der Waals surface area contributed by atoms with Crippen molar-refractivity contribution < 1.29 is 9.90 Å². The predicted molar refractivity (Wildman–Crippen MR) is 159 cm³/mol. The van der Waals surface area contributed by atoms with Gasteiger partial charge in [0.1, 0.15) is 11.3 Å². The van der Waals surface area contributed by atoms with Crippen molar-refractivity contribution in [3.05, 3.63) is 90.9 Å². The largest absolute Gasteiger partial charge is 0.391 e. The van der Waals surface area contributed by atoms with E-state index < -0.39 is 6.10 Å². The molecule has 7 rings (SSSR count). The fourth-order valence-corrected chi connectivity index (χ4v) is 6.12. The van der Waals surface area contributed by atoms with Gasteiger partial charge in [0.15, 0.2) is 17.3 Å². The van der Waals surface area contributed by atoms with E-state index in [1.807, 2.05) is 52.1 Å². The standard InChI is InChI=1S/C31H31N9O2/c1-2-27(42)38-15-10-20(11-16-38)35-28-22-7-6-21(17-19(22)18-25(28)41)40-30(23-5-3-12-33-29(23)32)36-24-8-9-26(37-31(24)40)39-14-4-13-34-39/h2-9,12-14,17,20,25,28,35,41H,1,10-11,15-16,18H2,(H2,32,33). The maximum absolute atomic E-state index is 12.0. The van der Waals surface area contributed by atoms with E-state index in [0.29, 0.717) is 53.7 Å². The van der Waals surface area contributed by atoms with Crippen LogP contribution < -0.4 is 11.1 Å². The maximum atomic E-state index is 12.0. The second kappa shape index (κ2) is 10.5. The summed E-state index contributed by atoms with van der Waals surface area (Å²) in [5, 5.41) is 19.1. The van der Waals surface area contributed by atoms with Crippen molar-refractivity contribution >= 4 is 22.9 Å². The quantitative estimate of drug-likeness (QED) is 0.269. The number of nitrogen functional groups attached to an aromatic ring is 1. The van der Waals surface area contributed by atoms with Crippen LogP contribution in [0.2, 0.25) is 0 Å². The van der Waals surface area contributed by atoms with Gasteiger partial charge in [-0.3, -0.25) is 9.36 Å². The van der Waals surface area contributed by atoms with Crippen molar-refractivity contribution in [1.82, 2.24) is 39.5 Å². The average Bonchev–Trinajstić information content (AvgIpc) is 3.75. The number of fused-ring (bicyclic) bond motifs is 2. The lowest BCUT2D eigenvalue weighted by Crippen LogP contribution is -2.46. The summed E-state index contributed by atoms with van der Waals surface area (Å²) in [6, 6.07) is 15.7. The third-order valence-corrected chi connectivity index (χ3v) is 8.24. The lowest BCUT2D eigenvalue weighted by molar-refractivity contribution is -0.127. The summed E-state index contributed by atoms with van der Waals surface area (Å²) in [5.41, 5.74) is 11.4. The van der Waals surface area contributed by atoms with Crippen molar-refractivity contribution in [1.29, 1.82) is 0 Å². The Morgan fingerprint density at radius 3 is 2.71 bits per heavy atom. The Bertz CT molecular complexity index is 1790. The van der Waals surface area contributed by atoms with E-state index in [4.69, 9.17) is 15.7 Å². The number of rotatable bonds is 6. The second-order valence-electron chi connectivity index (χ2n) is 10.8. The number of hydrogen-bond donors (Lipinski definition) is 3. The first-order valence-electron chi connectivity index (χ1n) is 14.1. The molecule has 1 saturated heterocycles. The fourth-order valence-electron chi connectivity index (χ4n) is 6.12. The van der Waals surface area contributed by atoms with Crippen molar-refractivity contribution in [3.63, 3.8) is 0 Å². The first-order valence-corrected chi connectivity index (χ1v) is 14.1. The van der Waals surface area contributed by atoms with Gasteiger partial charge in [-0.05, 0) is 72.5 Å². The monoisotopic (exact) mass is 561 g/mol. The fraction of sp³-hybridized carbons (Fsp3) is 0.258. The van der Waals surface area contributed by atoms with Crippen LogP contribution in [0, 0.1) is 0 Å². The Kier molecular flexibility index (Phi) is 6.52. The number of carbonyl (C=O) groups is 1. The van der Waals surface area contributed by atoms with Crippen LogP contribution in [0.1, 0.15) is 30.0 Å². The number of piperidine rings is 1. The van der Waals surface area contributed by atoms with Gasteiger partial charge < -0.3 is 21.1 Å². The Labute approximate surface area is 242 Å². The van der Waals surface area contributed by atoms with Crippen LogP contribution in [-0.2, 0) is 11.2 Å². The van der Waals surface area contributed by atoms with Gasteiger partial charge in [-0.1, -0.05) is 12.6 Å². The highest BCUT2D eigenvalue weighted by molar-refractivity contribution is 5.87. The molecule has 1 fully saturated rings. The molecule has 1 aliphatic carbocycles. The SMILES string of the molecule is C=CC(=O)N1CCC(NC2c3ccc(-n4c(-c5cccnc5N)nc5ccc(-n6cccn6)nc54)cc3CC2O)CC1. The molecule has 2 aliphatic rings. The number of nitrogens with one attached hydrogen (secondary N) is 1. The molecule has 0 saturated carbocycles. The summed E-state index contributed by atoms with van der Waals surface area (Å²) in [6.45, 7) is 4.95. The molecule has 1 amide bonds. The summed E-state index contributed by atoms with van der Waals surface area (Å²) >= 11 is 0. The van der Waals surface area contributed by atoms with Gasteiger partial charge in [-0.15, -0.1) is 0 Å².